The summed E-state index contributed by atoms with van der Waals surface area (Å²) in [6.45, 7) is 3.28. The van der Waals surface area contributed by atoms with Gasteiger partial charge in [-0.3, -0.25) is 9.59 Å². The smallest absolute Gasteiger partial charge is 0.246 e. The summed E-state index contributed by atoms with van der Waals surface area (Å²) < 4.78 is 13.8. The summed E-state index contributed by atoms with van der Waals surface area (Å²) in [5.41, 5.74) is 0.537. The molecular formula is C18H24FN3O2S. The van der Waals surface area contributed by atoms with Crippen molar-refractivity contribution in [1.82, 2.24) is 15.1 Å². The Morgan fingerprint density at radius 2 is 2.08 bits per heavy atom. The molecule has 136 valence electrons. The predicted molar refractivity (Wildman–Crippen MR) is 97.0 cm³/mol. The molecule has 7 heteroatoms. The van der Waals surface area contributed by atoms with Crippen LogP contribution in [-0.2, 0) is 16.0 Å². The van der Waals surface area contributed by atoms with Gasteiger partial charge in [0.2, 0.25) is 11.8 Å². The van der Waals surface area contributed by atoms with E-state index in [0.29, 0.717) is 24.3 Å². The van der Waals surface area contributed by atoms with Crippen molar-refractivity contribution in [1.29, 1.82) is 0 Å². The number of benzene rings is 1. The van der Waals surface area contributed by atoms with Crippen molar-refractivity contribution in [2.75, 3.05) is 39.0 Å². The van der Waals surface area contributed by atoms with Crippen LogP contribution in [0, 0.1) is 5.82 Å². The van der Waals surface area contributed by atoms with Crippen molar-refractivity contribution in [2.45, 2.75) is 24.1 Å². The third-order valence-electron chi connectivity index (χ3n) is 4.77. The number of nitrogens with one attached hydrogen (secondary N) is 1. The highest BCUT2D eigenvalue weighted by molar-refractivity contribution is 8.00. The van der Waals surface area contributed by atoms with Crippen molar-refractivity contribution < 1.29 is 14.0 Å². The van der Waals surface area contributed by atoms with Crippen LogP contribution in [0.3, 0.4) is 0 Å². The summed E-state index contributed by atoms with van der Waals surface area (Å²) >= 11 is 1.44. The molecule has 5 nitrogen and oxygen atoms in total. The van der Waals surface area contributed by atoms with E-state index in [4.69, 9.17) is 0 Å². The molecule has 2 fully saturated rings. The molecule has 0 spiro atoms. The predicted octanol–water partition coefficient (Wildman–Crippen LogP) is 1.13. The average molecular weight is 365 g/mol. The molecule has 2 heterocycles. The van der Waals surface area contributed by atoms with E-state index in [9.17, 15) is 14.0 Å². The Balaban J connectivity index is 1.57. The van der Waals surface area contributed by atoms with Gasteiger partial charge in [-0.15, -0.1) is 11.8 Å². The first-order valence-electron chi connectivity index (χ1n) is 8.67. The molecule has 0 aliphatic carbocycles. The number of carbonyl (C=O) groups excluding carboxylic acids is 2. The molecule has 2 aliphatic heterocycles. The Morgan fingerprint density at radius 3 is 2.84 bits per heavy atom. The van der Waals surface area contributed by atoms with E-state index >= 15 is 0 Å². The van der Waals surface area contributed by atoms with Gasteiger partial charge in [0.1, 0.15) is 11.9 Å². The first-order chi connectivity index (χ1) is 12.0. The van der Waals surface area contributed by atoms with Gasteiger partial charge in [-0.05, 0) is 38.1 Å². The van der Waals surface area contributed by atoms with Gasteiger partial charge in [0, 0.05) is 25.4 Å². The number of amides is 2. The average Bonchev–Trinajstić information content (AvgIpc) is 2.82. The molecule has 2 saturated heterocycles. The second kappa shape index (κ2) is 8.19. The minimum Gasteiger partial charge on any atom is -0.343 e. The van der Waals surface area contributed by atoms with Crippen LogP contribution in [0.5, 0.6) is 0 Å². The summed E-state index contributed by atoms with van der Waals surface area (Å²) in [5, 5.41) is 2.50. The van der Waals surface area contributed by atoms with Crippen LogP contribution in [0.15, 0.2) is 24.3 Å². The fraction of sp³-hybridized carbons (Fsp3) is 0.556. The number of rotatable bonds is 3. The molecule has 2 atom stereocenters. The largest absolute Gasteiger partial charge is 0.343 e. The third-order valence-corrected chi connectivity index (χ3v) is 6.07. The summed E-state index contributed by atoms with van der Waals surface area (Å²) in [5.74, 6) is 0.0730. The maximum absolute atomic E-state index is 13.8. The quantitative estimate of drug-likeness (QED) is 0.873. The van der Waals surface area contributed by atoms with Crippen molar-refractivity contribution in [3.63, 3.8) is 0 Å². The molecule has 3 rings (SSSR count). The lowest BCUT2D eigenvalue weighted by atomic mass is 10.1. The fourth-order valence-electron chi connectivity index (χ4n) is 3.23. The first-order valence-corrected chi connectivity index (χ1v) is 9.72. The number of halogens is 1. The molecule has 0 radical (unpaired) electrons. The van der Waals surface area contributed by atoms with E-state index in [1.165, 1.54) is 17.8 Å². The Labute approximate surface area is 151 Å². The van der Waals surface area contributed by atoms with E-state index in [0.717, 1.165) is 26.1 Å². The molecular weight excluding hydrogens is 341 g/mol. The van der Waals surface area contributed by atoms with Gasteiger partial charge in [-0.25, -0.2) is 4.39 Å². The number of carbonyl (C=O) groups is 2. The van der Waals surface area contributed by atoms with Gasteiger partial charge >= 0.3 is 0 Å². The van der Waals surface area contributed by atoms with Crippen LogP contribution in [-0.4, -0.2) is 71.9 Å². The molecule has 1 aromatic rings. The lowest BCUT2D eigenvalue weighted by Crippen LogP contribution is -2.55. The van der Waals surface area contributed by atoms with E-state index in [1.807, 2.05) is 4.90 Å². The monoisotopic (exact) mass is 365 g/mol. The van der Waals surface area contributed by atoms with Gasteiger partial charge in [0.15, 0.2) is 0 Å². The zero-order valence-electron chi connectivity index (χ0n) is 14.4. The Hall–Kier alpha value is -1.60. The van der Waals surface area contributed by atoms with Crippen LogP contribution in [0.4, 0.5) is 4.39 Å². The Bertz CT molecular complexity index is 643. The first kappa shape index (κ1) is 18.2. The fourth-order valence-corrected chi connectivity index (χ4v) is 4.40. The lowest BCUT2D eigenvalue weighted by Gasteiger charge is -2.32. The topological polar surface area (TPSA) is 52.7 Å². The molecule has 1 N–H and O–H groups in total. The highest BCUT2D eigenvalue weighted by Gasteiger charge is 2.35. The SMILES string of the molecule is CN1CCCN(C(=O)C2CSC(Cc3ccccc3F)C(=O)N2)CC1. The summed E-state index contributed by atoms with van der Waals surface area (Å²) in [6, 6.07) is 6.04. The maximum Gasteiger partial charge on any atom is 0.246 e. The highest BCUT2D eigenvalue weighted by atomic mass is 32.2. The van der Waals surface area contributed by atoms with Crippen LogP contribution >= 0.6 is 11.8 Å². The molecule has 2 amide bonds. The minimum absolute atomic E-state index is 0.000455. The molecule has 2 unspecified atom stereocenters. The number of hydrogen-bond acceptors (Lipinski definition) is 4. The van der Waals surface area contributed by atoms with Gasteiger partial charge in [0.05, 0.1) is 5.25 Å². The Morgan fingerprint density at radius 1 is 1.28 bits per heavy atom. The van der Waals surface area contributed by atoms with E-state index in [2.05, 4.69) is 17.3 Å². The molecule has 2 aliphatic rings. The van der Waals surface area contributed by atoms with Gasteiger partial charge < -0.3 is 15.1 Å². The number of hydrogen-bond donors (Lipinski definition) is 1. The van der Waals surface area contributed by atoms with Crippen LogP contribution in [0.1, 0.15) is 12.0 Å². The molecule has 1 aromatic carbocycles. The number of nitrogens with zero attached hydrogens (tertiary/aromatic N) is 2. The summed E-state index contributed by atoms with van der Waals surface area (Å²) in [4.78, 5) is 29.2. The van der Waals surface area contributed by atoms with Crippen LogP contribution < -0.4 is 5.32 Å². The Kier molecular flexibility index (Phi) is 5.96. The molecule has 0 bridgehead atoms. The molecule has 25 heavy (non-hydrogen) atoms. The van der Waals surface area contributed by atoms with Crippen LogP contribution in [0.25, 0.3) is 0 Å². The van der Waals surface area contributed by atoms with Crippen molar-refractivity contribution in [3.8, 4) is 0 Å². The summed E-state index contributed by atoms with van der Waals surface area (Å²) in [7, 11) is 2.06. The highest BCUT2D eigenvalue weighted by Crippen LogP contribution is 2.24. The van der Waals surface area contributed by atoms with Crippen LogP contribution in [0.2, 0.25) is 0 Å². The zero-order chi connectivity index (χ0) is 17.8. The standard InChI is InChI=1S/C18H24FN3O2S/c1-21-7-4-8-22(10-9-21)18(24)15-12-25-16(17(23)20-15)11-13-5-2-3-6-14(13)19/h2-3,5-6,15-16H,4,7-12H2,1H3,(H,20,23). The normalized spacial score (nSPS) is 25.4. The summed E-state index contributed by atoms with van der Waals surface area (Å²) in [6.07, 6.45) is 1.30. The van der Waals surface area contributed by atoms with E-state index < -0.39 is 6.04 Å². The number of thioether (sulfide) groups is 1. The van der Waals surface area contributed by atoms with Crippen molar-refractivity contribution in [2.24, 2.45) is 0 Å². The second-order valence-corrected chi connectivity index (χ2v) is 7.90. The van der Waals surface area contributed by atoms with E-state index in [-0.39, 0.29) is 22.9 Å². The minimum atomic E-state index is -0.474. The zero-order valence-corrected chi connectivity index (χ0v) is 15.2. The molecule has 0 aromatic heterocycles. The van der Waals surface area contributed by atoms with Gasteiger partial charge in [0.25, 0.3) is 0 Å². The van der Waals surface area contributed by atoms with Crippen molar-refractivity contribution >= 4 is 23.6 Å². The molecule has 0 saturated carbocycles. The van der Waals surface area contributed by atoms with E-state index in [1.54, 1.807) is 18.2 Å². The van der Waals surface area contributed by atoms with Gasteiger partial charge in [-0.2, -0.15) is 0 Å². The maximum atomic E-state index is 13.8. The third kappa shape index (κ3) is 4.52. The second-order valence-electron chi connectivity index (χ2n) is 6.66. The van der Waals surface area contributed by atoms with Gasteiger partial charge in [-0.1, -0.05) is 18.2 Å². The van der Waals surface area contributed by atoms with Crippen molar-refractivity contribution in [3.05, 3.63) is 35.6 Å². The number of likely N-dealkylation sites (N-methyl/N-ethyl adjacent to an activating group) is 1. The lowest BCUT2D eigenvalue weighted by molar-refractivity contribution is -0.135.